The van der Waals surface area contributed by atoms with Gasteiger partial charge in [0.25, 0.3) is 0 Å². The Labute approximate surface area is 137 Å². The molecular formula is C18H13N3O3. The van der Waals surface area contributed by atoms with Crippen molar-refractivity contribution in [2.75, 3.05) is 6.61 Å². The van der Waals surface area contributed by atoms with Gasteiger partial charge in [0, 0.05) is 22.8 Å². The summed E-state index contributed by atoms with van der Waals surface area (Å²) >= 11 is 0. The normalized spacial score (nSPS) is 14.0. The third kappa shape index (κ3) is 2.54. The monoisotopic (exact) mass is 319 g/mol. The first-order chi connectivity index (χ1) is 11.7. The van der Waals surface area contributed by atoms with Gasteiger partial charge in [-0.3, -0.25) is 0 Å². The van der Waals surface area contributed by atoms with Crippen molar-refractivity contribution in [3.8, 4) is 0 Å². The number of aromatic amines is 1. The van der Waals surface area contributed by atoms with Gasteiger partial charge in [-0.1, -0.05) is 18.2 Å². The van der Waals surface area contributed by atoms with Crippen molar-refractivity contribution in [3.05, 3.63) is 71.4 Å². The summed E-state index contributed by atoms with van der Waals surface area (Å²) in [6.45, 7) is 0.280. The molecule has 0 saturated heterocycles. The minimum atomic E-state index is -0.989. The number of aromatic nitrogens is 1. The van der Waals surface area contributed by atoms with Crippen LogP contribution < -0.4 is 0 Å². The van der Waals surface area contributed by atoms with Gasteiger partial charge in [-0.2, -0.15) is 0 Å². The van der Waals surface area contributed by atoms with Gasteiger partial charge in [-0.05, 0) is 35.7 Å². The highest BCUT2D eigenvalue weighted by Gasteiger charge is 2.16. The molecule has 6 nitrogen and oxygen atoms in total. The Balaban J connectivity index is 1.65. The van der Waals surface area contributed by atoms with Crippen LogP contribution in [0, 0.1) is 0 Å². The maximum Gasteiger partial charge on any atom is 0.335 e. The second kappa shape index (κ2) is 5.66. The fourth-order valence-corrected chi connectivity index (χ4v) is 2.59. The summed E-state index contributed by atoms with van der Waals surface area (Å²) in [6.07, 6.45) is 1.89. The Morgan fingerprint density at radius 1 is 1.08 bits per heavy atom. The molecule has 2 aromatic carbocycles. The molecule has 0 fully saturated rings. The van der Waals surface area contributed by atoms with Crippen LogP contribution in [0.25, 0.3) is 10.9 Å². The van der Waals surface area contributed by atoms with E-state index in [-0.39, 0.29) is 12.2 Å². The van der Waals surface area contributed by atoms with E-state index in [4.69, 9.17) is 9.84 Å². The van der Waals surface area contributed by atoms with Gasteiger partial charge in [0.05, 0.1) is 5.56 Å². The Hall–Kier alpha value is -3.41. The fraction of sp³-hybridized carbons (Fsp3) is 0.0556. The van der Waals surface area contributed by atoms with Crippen LogP contribution in [0.1, 0.15) is 21.5 Å². The largest absolute Gasteiger partial charge is 0.478 e. The topological polar surface area (TPSA) is 87.0 Å². The predicted octanol–water partition coefficient (Wildman–Crippen LogP) is 3.05. The highest BCUT2D eigenvalue weighted by molar-refractivity contribution is 6.07. The smallest absolute Gasteiger partial charge is 0.335 e. The average Bonchev–Trinajstić information content (AvgIpc) is 3.09. The molecule has 0 amide bonds. The zero-order valence-electron chi connectivity index (χ0n) is 12.6. The maximum atomic E-state index is 11.0. The lowest BCUT2D eigenvalue weighted by Crippen LogP contribution is -2.20. The summed E-state index contributed by atoms with van der Waals surface area (Å²) in [5, 5.41) is 18.5. The first kappa shape index (κ1) is 14.2. The summed E-state index contributed by atoms with van der Waals surface area (Å²) in [6, 6.07) is 14.4. The zero-order valence-corrected chi connectivity index (χ0v) is 12.6. The van der Waals surface area contributed by atoms with E-state index >= 15 is 0 Å². The van der Waals surface area contributed by atoms with E-state index in [1.165, 1.54) is 12.1 Å². The number of benzene rings is 2. The van der Waals surface area contributed by atoms with Crippen LogP contribution in [0.15, 0.2) is 64.9 Å². The molecule has 4 rings (SSSR count). The molecule has 0 unspecified atom stereocenters. The molecule has 0 saturated carbocycles. The number of H-pyrrole nitrogens is 1. The van der Waals surface area contributed by atoms with Crippen molar-refractivity contribution >= 4 is 28.5 Å². The number of nitrogens with one attached hydrogen (secondary N) is 1. The van der Waals surface area contributed by atoms with Gasteiger partial charge in [0.1, 0.15) is 12.3 Å². The second-order valence-electron chi connectivity index (χ2n) is 5.41. The highest BCUT2D eigenvalue weighted by Crippen LogP contribution is 2.17. The summed E-state index contributed by atoms with van der Waals surface area (Å²) < 4.78 is 5.68. The summed E-state index contributed by atoms with van der Waals surface area (Å²) in [5.41, 5.74) is 3.47. The van der Waals surface area contributed by atoms with E-state index in [1.807, 2.05) is 30.5 Å². The Kier molecular flexibility index (Phi) is 3.35. The number of ether oxygens (including phenoxy) is 1. The maximum absolute atomic E-state index is 11.0. The van der Waals surface area contributed by atoms with Gasteiger partial charge >= 0.3 is 5.97 Å². The number of hydrogen-bond donors (Lipinski definition) is 2. The molecule has 3 aromatic rings. The van der Waals surface area contributed by atoms with Gasteiger partial charge in [0.2, 0.25) is 5.90 Å². The SMILES string of the molecule is O=C(O)c1cccc(C2=NN=C(c3ccc4cc[nH]c4c3)CO2)c1. The standard InChI is InChI=1S/C18H13N3O3/c22-18(23)14-3-1-2-13(8-14)17-21-20-16(10-24-17)12-5-4-11-6-7-19-15(11)9-12/h1-9,19H,10H2,(H,22,23). The van der Waals surface area contributed by atoms with Crippen molar-refractivity contribution in [3.63, 3.8) is 0 Å². The van der Waals surface area contributed by atoms with Crippen LogP contribution in [-0.2, 0) is 4.74 Å². The average molecular weight is 319 g/mol. The summed E-state index contributed by atoms with van der Waals surface area (Å²) in [4.78, 5) is 14.2. The van der Waals surface area contributed by atoms with Crippen molar-refractivity contribution < 1.29 is 14.6 Å². The van der Waals surface area contributed by atoms with Crippen LogP contribution in [-0.4, -0.2) is 34.3 Å². The van der Waals surface area contributed by atoms with Gasteiger partial charge < -0.3 is 14.8 Å². The Morgan fingerprint density at radius 2 is 2.00 bits per heavy atom. The number of aromatic carboxylic acids is 1. The first-order valence-electron chi connectivity index (χ1n) is 7.39. The lowest BCUT2D eigenvalue weighted by atomic mass is 10.1. The molecule has 1 aliphatic rings. The van der Waals surface area contributed by atoms with E-state index in [0.717, 1.165) is 22.2 Å². The van der Waals surface area contributed by atoms with Crippen LogP contribution >= 0.6 is 0 Å². The molecule has 2 heterocycles. The van der Waals surface area contributed by atoms with Crippen molar-refractivity contribution in [1.29, 1.82) is 0 Å². The number of carboxylic acids is 1. The molecule has 0 radical (unpaired) electrons. The van der Waals surface area contributed by atoms with Crippen LogP contribution in [0.3, 0.4) is 0 Å². The van der Waals surface area contributed by atoms with E-state index in [2.05, 4.69) is 15.2 Å². The molecule has 24 heavy (non-hydrogen) atoms. The Morgan fingerprint density at radius 3 is 2.79 bits per heavy atom. The van der Waals surface area contributed by atoms with E-state index in [1.54, 1.807) is 12.1 Å². The minimum absolute atomic E-state index is 0.186. The van der Waals surface area contributed by atoms with Gasteiger partial charge in [-0.25, -0.2) is 4.79 Å². The van der Waals surface area contributed by atoms with E-state index in [9.17, 15) is 4.79 Å². The molecule has 0 spiro atoms. The molecular weight excluding hydrogens is 306 g/mol. The third-order valence-electron chi connectivity index (χ3n) is 3.85. The molecule has 1 aliphatic heterocycles. The van der Waals surface area contributed by atoms with Crippen molar-refractivity contribution in [2.24, 2.45) is 10.2 Å². The molecule has 0 atom stereocenters. The predicted molar refractivity (Wildman–Crippen MR) is 90.7 cm³/mol. The van der Waals surface area contributed by atoms with E-state index in [0.29, 0.717) is 11.5 Å². The summed E-state index contributed by atoms with van der Waals surface area (Å²) in [7, 11) is 0. The number of hydrogen-bond acceptors (Lipinski definition) is 4. The lowest BCUT2D eigenvalue weighted by Gasteiger charge is -2.14. The lowest BCUT2D eigenvalue weighted by molar-refractivity contribution is 0.0697. The van der Waals surface area contributed by atoms with Crippen LogP contribution in [0.5, 0.6) is 0 Å². The number of carboxylic acid groups (broad SMARTS) is 1. The molecule has 0 aliphatic carbocycles. The summed E-state index contributed by atoms with van der Waals surface area (Å²) in [5.74, 6) is -0.667. The highest BCUT2D eigenvalue weighted by atomic mass is 16.5. The molecule has 1 aromatic heterocycles. The fourth-order valence-electron chi connectivity index (χ4n) is 2.59. The third-order valence-corrected chi connectivity index (χ3v) is 3.85. The molecule has 0 bridgehead atoms. The first-order valence-corrected chi connectivity index (χ1v) is 7.39. The van der Waals surface area contributed by atoms with Gasteiger partial charge in [0.15, 0.2) is 0 Å². The molecule has 118 valence electrons. The van der Waals surface area contributed by atoms with Gasteiger partial charge in [-0.15, -0.1) is 10.2 Å². The molecule has 6 heteroatoms. The van der Waals surface area contributed by atoms with E-state index < -0.39 is 5.97 Å². The van der Waals surface area contributed by atoms with Crippen molar-refractivity contribution in [1.82, 2.24) is 4.98 Å². The number of nitrogens with zero attached hydrogens (tertiary/aromatic N) is 2. The quantitative estimate of drug-likeness (QED) is 0.778. The van der Waals surface area contributed by atoms with Crippen molar-refractivity contribution in [2.45, 2.75) is 0 Å². The number of rotatable bonds is 3. The van der Waals surface area contributed by atoms with Crippen LogP contribution in [0.2, 0.25) is 0 Å². The number of carbonyl (C=O) groups is 1. The second-order valence-corrected chi connectivity index (χ2v) is 5.41. The van der Waals surface area contributed by atoms with Crippen LogP contribution in [0.4, 0.5) is 0 Å². The minimum Gasteiger partial charge on any atom is -0.478 e. The zero-order chi connectivity index (χ0) is 16.5. The molecule has 2 N–H and O–H groups in total. The number of fused-ring (bicyclic) bond motifs is 1. The Bertz CT molecular complexity index is 1000.